The number of anilines is 3. The Morgan fingerprint density at radius 2 is 0.625 bits per heavy atom. The first-order chi connectivity index (χ1) is 31.6. The van der Waals surface area contributed by atoms with Crippen LogP contribution in [0.2, 0.25) is 0 Å². The number of aromatic nitrogens is 2. The van der Waals surface area contributed by atoms with Gasteiger partial charge in [0.1, 0.15) is 5.82 Å². The summed E-state index contributed by atoms with van der Waals surface area (Å²) in [6.45, 7) is 0. The van der Waals surface area contributed by atoms with Crippen LogP contribution in [-0.2, 0) is 0 Å². The first-order valence-corrected chi connectivity index (χ1v) is 21.7. The molecule has 12 aromatic rings. The molecule has 64 heavy (non-hydrogen) atoms. The van der Waals surface area contributed by atoms with Gasteiger partial charge in [0.2, 0.25) is 0 Å². The molecule has 302 valence electrons. The van der Waals surface area contributed by atoms with Gasteiger partial charge in [0.05, 0.1) is 22.1 Å². The van der Waals surface area contributed by atoms with Crippen LogP contribution in [-0.4, -0.2) is 9.13 Å². The second kappa shape index (κ2) is 15.5. The predicted molar refractivity (Wildman–Crippen MR) is 266 cm³/mol. The molecule has 0 aliphatic heterocycles. The minimum atomic E-state index is -0.240. The zero-order chi connectivity index (χ0) is 42.6. The third kappa shape index (κ3) is 6.43. The molecule has 10 aromatic carbocycles. The fraction of sp³-hybridized carbons (Fsp3) is 0. The lowest BCUT2D eigenvalue weighted by Crippen LogP contribution is -2.09. The van der Waals surface area contributed by atoms with Crippen LogP contribution in [0.1, 0.15) is 0 Å². The smallest absolute Gasteiger partial charge is 0.123 e. The fourth-order valence-corrected chi connectivity index (χ4v) is 9.51. The van der Waals surface area contributed by atoms with E-state index < -0.39 is 0 Å². The molecule has 0 aliphatic rings. The quantitative estimate of drug-likeness (QED) is 0.149. The van der Waals surface area contributed by atoms with E-state index in [0.717, 1.165) is 61.8 Å². The van der Waals surface area contributed by atoms with Crippen molar-refractivity contribution in [3.8, 4) is 44.8 Å². The van der Waals surface area contributed by atoms with E-state index >= 15 is 0 Å². The average molecular weight is 822 g/mol. The molecule has 0 fully saturated rings. The van der Waals surface area contributed by atoms with Crippen molar-refractivity contribution in [2.75, 3.05) is 4.90 Å². The Morgan fingerprint density at radius 1 is 0.266 bits per heavy atom. The SMILES string of the molecule is Fc1ccc(-c2ccc(N(c3ccc(-c4ccc5c(c4)c4ccccc4n5-c4ccccc4)cc3)c3ccc(-c4ccc5c6ccccc6n(-c6ccccc6)c5c4)cc3)cc2)cc1. The number of rotatable bonds is 8. The van der Waals surface area contributed by atoms with Crippen LogP contribution >= 0.6 is 0 Å². The molecule has 0 unspecified atom stereocenters. The van der Waals surface area contributed by atoms with Crippen molar-refractivity contribution in [3.05, 3.63) is 248 Å². The normalized spacial score (nSPS) is 11.5. The van der Waals surface area contributed by atoms with E-state index in [9.17, 15) is 4.39 Å². The van der Waals surface area contributed by atoms with Gasteiger partial charge in [0.25, 0.3) is 0 Å². The Labute approximate surface area is 370 Å². The molecule has 0 bridgehead atoms. The molecule has 2 heterocycles. The molecule has 0 aliphatic carbocycles. The number of benzene rings is 10. The predicted octanol–water partition coefficient (Wildman–Crippen LogP) is 16.5. The maximum atomic E-state index is 13.8. The van der Waals surface area contributed by atoms with E-state index in [0.29, 0.717) is 0 Å². The first kappa shape index (κ1) is 37.3. The Kier molecular flexibility index (Phi) is 9.01. The summed E-state index contributed by atoms with van der Waals surface area (Å²) in [7, 11) is 0. The van der Waals surface area contributed by atoms with Crippen molar-refractivity contribution in [3.63, 3.8) is 0 Å². The van der Waals surface area contributed by atoms with Crippen LogP contribution in [0, 0.1) is 5.82 Å². The van der Waals surface area contributed by atoms with Crippen LogP contribution in [0.3, 0.4) is 0 Å². The summed E-state index contributed by atoms with van der Waals surface area (Å²) in [6.07, 6.45) is 0. The molecule has 12 rings (SSSR count). The number of hydrogen-bond donors (Lipinski definition) is 0. The number of nitrogens with zero attached hydrogens (tertiary/aromatic N) is 3. The summed E-state index contributed by atoms with van der Waals surface area (Å²) < 4.78 is 18.5. The molecular formula is C60H40FN3. The summed E-state index contributed by atoms with van der Waals surface area (Å²) in [5, 5.41) is 4.94. The van der Waals surface area contributed by atoms with Gasteiger partial charge < -0.3 is 14.0 Å². The Bertz CT molecular complexity index is 3630. The summed E-state index contributed by atoms with van der Waals surface area (Å²) in [6, 6.07) is 85.0. The van der Waals surface area contributed by atoms with E-state index in [-0.39, 0.29) is 5.82 Å². The zero-order valence-electron chi connectivity index (χ0n) is 34.8. The average Bonchev–Trinajstić information content (AvgIpc) is 3.88. The maximum Gasteiger partial charge on any atom is 0.123 e. The first-order valence-electron chi connectivity index (χ1n) is 21.7. The molecule has 2 aromatic heterocycles. The Hall–Kier alpha value is -8.47. The van der Waals surface area contributed by atoms with Gasteiger partial charge in [0.15, 0.2) is 0 Å². The second-order valence-electron chi connectivity index (χ2n) is 16.3. The highest BCUT2D eigenvalue weighted by Crippen LogP contribution is 2.40. The second-order valence-corrected chi connectivity index (χ2v) is 16.3. The molecule has 0 atom stereocenters. The Morgan fingerprint density at radius 3 is 1.16 bits per heavy atom. The standard InChI is InChI=1S/C60H40FN3/c61-47-29-19-41(20-30-47)42-21-31-50(32-22-42)62(51-33-23-43(24-34-51)45-28-38-59-56(39-45)54-16-8-10-18-58(54)63(59)48-11-3-1-4-12-48)52-35-25-44(26-36-52)46-27-37-55-53-15-7-9-17-57(53)64(60(55)40-46)49-13-5-2-6-14-49/h1-40H. The monoisotopic (exact) mass is 821 g/mol. The molecule has 0 spiro atoms. The lowest BCUT2D eigenvalue weighted by molar-refractivity contribution is 0.628. The summed E-state index contributed by atoms with van der Waals surface area (Å²) >= 11 is 0. The molecule has 0 amide bonds. The van der Waals surface area contributed by atoms with Crippen molar-refractivity contribution in [1.82, 2.24) is 9.13 Å². The van der Waals surface area contributed by atoms with E-state index in [1.165, 1.54) is 55.7 Å². The Balaban J connectivity index is 0.925. The van der Waals surface area contributed by atoms with Gasteiger partial charge in [-0.05, 0) is 137 Å². The van der Waals surface area contributed by atoms with E-state index in [1.54, 1.807) is 0 Å². The van der Waals surface area contributed by atoms with Crippen LogP contribution < -0.4 is 4.90 Å². The molecule has 4 heteroatoms. The van der Waals surface area contributed by atoms with Gasteiger partial charge in [-0.25, -0.2) is 4.39 Å². The highest BCUT2D eigenvalue weighted by Gasteiger charge is 2.17. The number of hydrogen-bond acceptors (Lipinski definition) is 1. The van der Waals surface area contributed by atoms with Gasteiger partial charge in [-0.2, -0.15) is 0 Å². The van der Waals surface area contributed by atoms with E-state index in [4.69, 9.17) is 0 Å². The maximum absolute atomic E-state index is 13.8. The van der Waals surface area contributed by atoms with E-state index in [1.807, 2.05) is 12.1 Å². The summed E-state index contributed by atoms with van der Waals surface area (Å²) in [4.78, 5) is 2.30. The van der Waals surface area contributed by atoms with Crippen LogP contribution in [0.15, 0.2) is 243 Å². The lowest BCUT2D eigenvalue weighted by atomic mass is 10.0. The molecule has 3 nitrogen and oxygen atoms in total. The molecular weight excluding hydrogens is 782 g/mol. The van der Waals surface area contributed by atoms with Crippen LogP contribution in [0.25, 0.3) is 88.4 Å². The van der Waals surface area contributed by atoms with Crippen molar-refractivity contribution < 1.29 is 4.39 Å². The molecule has 0 radical (unpaired) electrons. The molecule has 0 N–H and O–H groups in total. The zero-order valence-corrected chi connectivity index (χ0v) is 34.8. The van der Waals surface area contributed by atoms with Gasteiger partial charge >= 0.3 is 0 Å². The highest BCUT2D eigenvalue weighted by molar-refractivity contribution is 6.11. The van der Waals surface area contributed by atoms with Crippen molar-refractivity contribution in [2.24, 2.45) is 0 Å². The van der Waals surface area contributed by atoms with Crippen molar-refractivity contribution in [2.45, 2.75) is 0 Å². The number of halogens is 1. The van der Waals surface area contributed by atoms with Gasteiger partial charge in [-0.15, -0.1) is 0 Å². The number of para-hydroxylation sites is 4. The largest absolute Gasteiger partial charge is 0.311 e. The van der Waals surface area contributed by atoms with Gasteiger partial charge in [0, 0.05) is 50.0 Å². The van der Waals surface area contributed by atoms with Crippen molar-refractivity contribution >= 4 is 60.7 Å². The van der Waals surface area contributed by atoms with Crippen molar-refractivity contribution in [1.29, 1.82) is 0 Å². The molecule has 0 saturated heterocycles. The minimum Gasteiger partial charge on any atom is -0.311 e. The number of fused-ring (bicyclic) bond motifs is 6. The molecule has 0 saturated carbocycles. The van der Waals surface area contributed by atoms with Crippen LogP contribution in [0.5, 0.6) is 0 Å². The van der Waals surface area contributed by atoms with Crippen LogP contribution in [0.4, 0.5) is 21.5 Å². The summed E-state index contributed by atoms with van der Waals surface area (Å²) in [5.41, 5.74) is 16.8. The summed E-state index contributed by atoms with van der Waals surface area (Å²) in [5.74, 6) is -0.240. The minimum absolute atomic E-state index is 0.240. The van der Waals surface area contributed by atoms with E-state index in [2.05, 4.69) is 232 Å². The third-order valence-electron chi connectivity index (χ3n) is 12.6. The fourth-order valence-electron chi connectivity index (χ4n) is 9.51. The lowest BCUT2D eigenvalue weighted by Gasteiger charge is -2.26. The third-order valence-corrected chi connectivity index (χ3v) is 12.6. The topological polar surface area (TPSA) is 13.1 Å². The van der Waals surface area contributed by atoms with Gasteiger partial charge in [-0.1, -0.05) is 140 Å². The van der Waals surface area contributed by atoms with Gasteiger partial charge in [-0.3, -0.25) is 0 Å². The highest BCUT2D eigenvalue weighted by atomic mass is 19.1.